The first kappa shape index (κ1) is 15.5. The molecule has 4 heteroatoms. The van der Waals surface area contributed by atoms with Crippen LogP contribution in [0.25, 0.3) is 0 Å². The highest BCUT2D eigenvalue weighted by atomic mass is 16.5. The average Bonchev–Trinajstić information content (AvgIpc) is 2.56. The topological polar surface area (TPSA) is 51.4 Å². The first-order valence-corrected chi connectivity index (χ1v) is 7.26. The van der Waals surface area contributed by atoms with Crippen molar-refractivity contribution in [3.05, 3.63) is 59.9 Å². The zero-order valence-electron chi connectivity index (χ0n) is 12.7. The summed E-state index contributed by atoms with van der Waals surface area (Å²) < 4.78 is 5.21. The second-order valence-corrected chi connectivity index (χ2v) is 4.91. The van der Waals surface area contributed by atoms with E-state index in [0.717, 1.165) is 24.5 Å². The highest BCUT2D eigenvalue weighted by Crippen LogP contribution is 2.23. The number of aromatic nitrogens is 1. The van der Waals surface area contributed by atoms with Crippen LogP contribution in [0, 0.1) is 0 Å². The largest absolute Gasteiger partial charge is 0.497 e. The van der Waals surface area contributed by atoms with E-state index in [0.29, 0.717) is 6.54 Å². The summed E-state index contributed by atoms with van der Waals surface area (Å²) in [4.78, 5) is 6.74. The second-order valence-electron chi connectivity index (χ2n) is 4.91. The molecular formula is C17H23N3O. The number of hydrogen-bond donors (Lipinski definition) is 1. The Bertz CT molecular complexity index is 527. The van der Waals surface area contributed by atoms with Gasteiger partial charge in [0.15, 0.2) is 0 Å². The summed E-state index contributed by atoms with van der Waals surface area (Å²) in [5.41, 5.74) is 8.28. The van der Waals surface area contributed by atoms with Crippen molar-refractivity contribution in [2.24, 2.45) is 5.73 Å². The van der Waals surface area contributed by atoms with Gasteiger partial charge in [0.05, 0.1) is 12.8 Å². The standard InChI is InChI=1S/C17H23N3O/c1-3-20(13-15-6-4-5-11-19-15)17(12-18)14-7-9-16(21-2)10-8-14/h4-11,17H,3,12-13,18H2,1-2H3. The Morgan fingerprint density at radius 3 is 2.48 bits per heavy atom. The summed E-state index contributed by atoms with van der Waals surface area (Å²) in [5.74, 6) is 0.863. The van der Waals surface area contributed by atoms with E-state index in [9.17, 15) is 0 Å². The third-order valence-electron chi connectivity index (χ3n) is 3.66. The van der Waals surface area contributed by atoms with Gasteiger partial charge in [-0.1, -0.05) is 25.1 Å². The molecule has 0 fully saturated rings. The number of rotatable bonds is 7. The van der Waals surface area contributed by atoms with Gasteiger partial charge in [-0.05, 0) is 36.4 Å². The minimum atomic E-state index is 0.183. The summed E-state index contributed by atoms with van der Waals surface area (Å²) >= 11 is 0. The zero-order chi connectivity index (χ0) is 15.1. The lowest BCUT2D eigenvalue weighted by Crippen LogP contribution is -2.33. The number of pyridine rings is 1. The molecule has 4 nitrogen and oxygen atoms in total. The number of likely N-dealkylation sites (N-methyl/N-ethyl adjacent to an activating group) is 1. The van der Waals surface area contributed by atoms with Gasteiger partial charge in [0.2, 0.25) is 0 Å². The van der Waals surface area contributed by atoms with Gasteiger partial charge in [-0.15, -0.1) is 0 Å². The number of methoxy groups -OCH3 is 1. The molecule has 0 amide bonds. The molecule has 112 valence electrons. The highest BCUT2D eigenvalue weighted by Gasteiger charge is 2.18. The fourth-order valence-electron chi connectivity index (χ4n) is 2.46. The highest BCUT2D eigenvalue weighted by molar-refractivity contribution is 5.29. The summed E-state index contributed by atoms with van der Waals surface area (Å²) in [7, 11) is 1.68. The number of ether oxygens (including phenoxy) is 1. The average molecular weight is 285 g/mol. The molecule has 0 bridgehead atoms. The smallest absolute Gasteiger partial charge is 0.118 e. The molecule has 0 spiro atoms. The molecule has 1 atom stereocenters. The number of nitrogens with zero attached hydrogens (tertiary/aromatic N) is 2. The molecule has 1 aromatic heterocycles. The fraction of sp³-hybridized carbons (Fsp3) is 0.353. The van der Waals surface area contributed by atoms with Crippen molar-refractivity contribution in [2.75, 3.05) is 20.2 Å². The molecular weight excluding hydrogens is 262 g/mol. The van der Waals surface area contributed by atoms with Crippen molar-refractivity contribution < 1.29 is 4.74 Å². The molecule has 1 unspecified atom stereocenters. The normalized spacial score (nSPS) is 12.4. The number of nitrogens with two attached hydrogens (primary N) is 1. The van der Waals surface area contributed by atoms with Gasteiger partial charge in [-0.2, -0.15) is 0 Å². The third-order valence-corrected chi connectivity index (χ3v) is 3.66. The van der Waals surface area contributed by atoms with Gasteiger partial charge >= 0.3 is 0 Å². The van der Waals surface area contributed by atoms with Crippen molar-refractivity contribution in [3.63, 3.8) is 0 Å². The van der Waals surface area contributed by atoms with E-state index < -0.39 is 0 Å². The summed E-state index contributed by atoms with van der Waals surface area (Å²) in [6.07, 6.45) is 1.83. The lowest BCUT2D eigenvalue weighted by molar-refractivity contribution is 0.201. The summed E-state index contributed by atoms with van der Waals surface area (Å²) in [6, 6.07) is 14.3. The minimum Gasteiger partial charge on any atom is -0.497 e. The van der Waals surface area contributed by atoms with Crippen LogP contribution in [-0.2, 0) is 6.54 Å². The Morgan fingerprint density at radius 2 is 1.95 bits per heavy atom. The Kier molecular flexibility index (Phi) is 5.72. The van der Waals surface area contributed by atoms with Crippen LogP contribution in [0.15, 0.2) is 48.7 Å². The Balaban J connectivity index is 2.16. The lowest BCUT2D eigenvalue weighted by atomic mass is 10.0. The summed E-state index contributed by atoms with van der Waals surface area (Å²) in [6.45, 7) is 4.44. The van der Waals surface area contributed by atoms with E-state index in [1.807, 2.05) is 36.5 Å². The van der Waals surface area contributed by atoms with Crippen molar-refractivity contribution in [2.45, 2.75) is 19.5 Å². The second kappa shape index (κ2) is 7.76. The quantitative estimate of drug-likeness (QED) is 0.849. The maximum atomic E-state index is 6.01. The molecule has 2 rings (SSSR count). The van der Waals surface area contributed by atoms with Gasteiger partial charge in [-0.25, -0.2) is 0 Å². The molecule has 0 aliphatic rings. The van der Waals surface area contributed by atoms with Crippen LogP contribution in [0.3, 0.4) is 0 Å². The predicted octanol–water partition coefficient (Wildman–Crippen LogP) is 2.61. The summed E-state index contributed by atoms with van der Waals surface area (Å²) in [5, 5.41) is 0. The van der Waals surface area contributed by atoms with E-state index in [2.05, 4.69) is 28.9 Å². The first-order valence-electron chi connectivity index (χ1n) is 7.26. The van der Waals surface area contributed by atoms with Gasteiger partial charge in [0.1, 0.15) is 5.75 Å². The minimum absolute atomic E-state index is 0.183. The van der Waals surface area contributed by atoms with Crippen molar-refractivity contribution in [1.82, 2.24) is 9.88 Å². The van der Waals surface area contributed by atoms with Gasteiger partial charge in [0, 0.05) is 25.3 Å². The number of hydrogen-bond acceptors (Lipinski definition) is 4. The SMILES string of the molecule is CCN(Cc1ccccn1)C(CN)c1ccc(OC)cc1. The van der Waals surface area contributed by atoms with Gasteiger partial charge in [0.25, 0.3) is 0 Å². The molecule has 0 radical (unpaired) electrons. The van der Waals surface area contributed by atoms with Crippen molar-refractivity contribution in [3.8, 4) is 5.75 Å². The Morgan fingerprint density at radius 1 is 1.19 bits per heavy atom. The van der Waals surface area contributed by atoms with E-state index in [-0.39, 0.29) is 6.04 Å². The molecule has 2 N–H and O–H groups in total. The Hall–Kier alpha value is -1.91. The molecule has 2 aromatic rings. The third kappa shape index (κ3) is 4.03. The monoisotopic (exact) mass is 285 g/mol. The maximum Gasteiger partial charge on any atom is 0.118 e. The van der Waals surface area contributed by atoms with Crippen LogP contribution in [0.2, 0.25) is 0 Å². The molecule has 0 aliphatic carbocycles. The maximum absolute atomic E-state index is 6.01. The van der Waals surface area contributed by atoms with Crippen LogP contribution in [0.5, 0.6) is 5.75 Å². The zero-order valence-corrected chi connectivity index (χ0v) is 12.7. The number of benzene rings is 1. The molecule has 0 saturated carbocycles. The van der Waals surface area contributed by atoms with Gasteiger partial charge in [-0.3, -0.25) is 9.88 Å². The predicted molar refractivity (Wildman–Crippen MR) is 85.1 cm³/mol. The molecule has 0 aliphatic heterocycles. The van der Waals surface area contributed by atoms with E-state index in [1.165, 1.54) is 5.56 Å². The van der Waals surface area contributed by atoms with Crippen LogP contribution in [0.1, 0.15) is 24.2 Å². The van der Waals surface area contributed by atoms with Crippen molar-refractivity contribution >= 4 is 0 Å². The Labute approximate surface area is 126 Å². The van der Waals surface area contributed by atoms with E-state index in [1.54, 1.807) is 7.11 Å². The van der Waals surface area contributed by atoms with Crippen LogP contribution in [0.4, 0.5) is 0 Å². The van der Waals surface area contributed by atoms with E-state index >= 15 is 0 Å². The van der Waals surface area contributed by atoms with Crippen LogP contribution < -0.4 is 10.5 Å². The molecule has 1 aromatic carbocycles. The van der Waals surface area contributed by atoms with Gasteiger partial charge < -0.3 is 10.5 Å². The van der Waals surface area contributed by atoms with Crippen molar-refractivity contribution in [1.29, 1.82) is 0 Å². The van der Waals surface area contributed by atoms with E-state index in [4.69, 9.17) is 10.5 Å². The molecule has 21 heavy (non-hydrogen) atoms. The first-order chi connectivity index (χ1) is 10.3. The lowest BCUT2D eigenvalue weighted by Gasteiger charge is -2.30. The van der Waals surface area contributed by atoms with Crippen LogP contribution in [-0.4, -0.2) is 30.1 Å². The molecule has 0 saturated heterocycles. The fourth-order valence-corrected chi connectivity index (χ4v) is 2.46. The van der Waals surface area contributed by atoms with Crippen LogP contribution >= 0.6 is 0 Å². The molecule has 1 heterocycles.